The fourth-order valence-electron chi connectivity index (χ4n) is 0.843. The molecule has 0 aliphatic carbocycles. The van der Waals surface area contributed by atoms with Crippen molar-refractivity contribution >= 4 is 5.97 Å². The normalized spacial score (nSPS) is 12.1. The highest BCUT2D eigenvalue weighted by Gasteiger charge is 2.14. The second kappa shape index (κ2) is 4.55. The van der Waals surface area contributed by atoms with Crippen LogP contribution >= 0.6 is 0 Å². The average Bonchev–Trinajstić information content (AvgIpc) is 2.18. The number of hydrogen-bond acceptors (Lipinski definition) is 4. The summed E-state index contributed by atoms with van der Waals surface area (Å²) in [7, 11) is 0. The van der Waals surface area contributed by atoms with Crippen LogP contribution in [0.15, 0.2) is 12.3 Å². The van der Waals surface area contributed by atoms with Crippen molar-refractivity contribution in [3.63, 3.8) is 0 Å². The Morgan fingerprint density at radius 2 is 2.43 bits per heavy atom. The van der Waals surface area contributed by atoms with Crippen molar-refractivity contribution in [2.24, 2.45) is 0 Å². The zero-order chi connectivity index (χ0) is 10.6. The van der Waals surface area contributed by atoms with E-state index >= 15 is 0 Å². The van der Waals surface area contributed by atoms with E-state index < -0.39 is 5.97 Å². The topological polar surface area (TPSA) is 72.3 Å². The quantitative estimate of drug-likeness (QED) is 0.786. The van der Waals surface area contributed by atoms with Gasteiger partial charge >= 0.3 is 5.97 Å². The van der Waals surface area contributed by atoms with Crippen molar-refractivity contribution in [3.8, 4) is 5.88 Å². The summed E-state index contributed by atoms with van der Waals surface area (Å²) in [6.45, 7) is 3.79. The molecule has 76 valence electrons. The molecule has 0 spiro atoms. The Balaban J connectivity index is 2.90. The summed E-state index contributed by atoms with van der Waals surface area (Å²) in [5, 5.41) is 16.0. The molecule has 0 aromatic carbocycles. The fourth-order valence-corrected chi connectivity index (χ4v) is 0.843. The van der Waals surface area contributed by atoms with E-state index in [0.717, 1.165) is 6.42 Å². The van der Waals surface area contributed by atoms with Crippen molar-refractivity contribution in [2.75, 3.05) is 0 Å². The van der Waals surface area contributed by atoms with E-state index in [9.17, 15) is 4.79 Å². The SMILES string of the molecule is CCC(C)Oc1nnccc1C(=O)O. The lowest BCUT2D eigenvalue weighted by Gasteiger charge is -2.11. The van der Waals surface area contributed by atoms with Crippen LogP contribution in [0.3, 0.4) is 0 Å². The molecule has 1 heterocycles. The van der Waals surface area contributed by atoms with Crippen LogP contribution in [0.25, 0.3) is 0 Å². The molecule has 5 nitrogen and oxygen atoms in total. The number of carboxylic acid groups (broad SMARTS) is 1. The van der Waals surface area contributed by atoms with E-state index in [-0.39, 0.29) is 17.5 Å². The summed E-state index contributed by atoms with van der Waals surface area (Å²) >= 11 is 0. The van der Waals surface area contributed by atoms with Crippen LogP contribution in [0.5, 0.6) is 5.88 Å². The van der Waals surface area contributed by atoms with Gasteiger partial charge in [-0.2, -0.15) is 5.10 Å². The van der Waals surface area contributed by atoms with E-state index in [1.807, 2.05) is 13.8 Å². The second-order valence-corrected chi connectivity index (χ2v) is 2.89. The highest BCUT2D eigenvalue weighted by atomic mass is 16.5. The third kappa shape index (κ3) is 2.42. The highest BCUT2D eigenvalue weighted by Crippen LogP contribution is 2.15. The van der Waals surface area contributed by atoms with Gasteiger partial charge in [-0.15, -0.1) is 5.10 Å². The lowest BCUT2D eigenvalue weighted by atomic mass is 10.3. The van der Waals surface area contributed by atoms with Crippen molar-refractivity contribution in [3.05, 3.63) is 17.8 Å². The molecule has 0 fully saturated rings. The minimum atomic E-state index is -1.06. The zero-order valence-electron chi connectivity index (χ0n) is 8.10. The zero-order valence-corrected chi connectivity index (χ0v) is 8.10. The van der Waals surface area contributed by atoms with Crippen LogP contribution in [0, 0.1) is 0 Å². The number of aromatic carboxylic acids is 1. The van der Waals surface area contributed by atoms with E-state index in [1.165, 1.54) is 12.3 Å². The van der Waals surface area contributed by atoms with Gasteiger partial charge < -0.3 is 9.84 Å². The maximum Gasteiger partial charge on any atom is 0.341 e. The standard InChI is InChI=1S/C9H12N2O3/c1-3-6(2)14-8-7(9(12)13)4-5-10-11-8/h4-6H,3H2,1-2H3,(H,12,13). The van der Waals surface area contributed by atoms with Crippen LogP contribution in [0.1, 0.15) is 30.6 Å². The van der Waals surface area contributed by atoms with Gasteiger partial charge in [-0.3, -0.25) is 0 Å². The van der Waals surface area contributed by atoms with E-state index in [1.54, 1.807) is 0 Å². The Labute approximate surface area is 81.7 Å². The minimum absolute atomic E-state index is 0.0419. The summed E-state index contributed by atoms with van der Waals surface area (Å²) in [4.78, 5) is 10.7. The Morgan fingerprint density at radius 1 is 1.71 bits per heavy atom. The van der Waals surface area contributed by atoms with Crippen molar-refractivity contribution in [2.45, 2.75) is 26.4 Å². The molecule has 0 radical (unpaired) electrons. The molecular weight excluding hydrogens is 184 g/mol. The monoisotopic (exact) mass is 196 g/mol. The summed E-state index contributed by atoms with van der Waals surface area (Å²) in [5.74, 6) is -0.979. The summed E-state index contributed by atoms with van der Waals surface area (Å²) in [6, 6.07) is 1.37. The van der Waals surface area contributed by atoms with Gasteiger partial charge in [-0.05, 0) is 19.4 Å². The number of hydrogen-bond donors (Lipinski definition) is 1. The largest absolute Gasteiger partial charge is 0.477 e. The third-order valence-electron chi connectivity index (χ3n) is 1.80. The molecule has 1 aromatic heterocycles. The van der Waals surface area contributed by atoms with Gasteiger partial charge in [0.1, 0.15) is 5.56 Å². The lowest BCUT2D eigenvalue weighted by molar-refractivity contribution is 0.0687. The fraction of sp³-hybridized carbons (Fsp3) is 0.444. The first-order valence-electron chi connectivity index (χ1n) is 4.36. The van der Waals surface area contributed by atoms with Gasteiger partial charge in [0.2, 0.25) is 5.88 Å². The van der Waals surface area contributed by atoms with Gasteiger partial charge in [-0.1, -0.05) is 6.92 Å². The lowest BCUT2D eigenvalue weighted by Crippen LogP contribution is -2.14. The second-order valence-electron chi connectivity index (χ2n) is 2.89. The predicted molar refractivity (Wildman–Crippen MR) is 49.4 cm³/mol. The Hall–Kier alpha value is -1.65. The predicted octanol–water partition coefficient (Wildman–Crippen LogP) is 1.35. The summed E-state index contributed by atoms with van der Waals surface area (Å²) in [5.41, 5.74) is 0.0419. The first kappa shape index (κ1) is 10.4. The number of ether oxygens (including phenoxy) is 1. The molecule has 1 unspecified atom stereocenters. The Kier molecular flexibility index (Phi) is 3.39. The van der Waals surface area contributed by atoms with Crippen LogP contribution < -0.4 is 4.74 Å². The van der Waals surface area contributed by atoms with Crippen molar-refractivity contribution < 1.29 is 14.6 Å². The minimum Gasteiger partial charge on any atom is -0.477 e. The van der Waals surface area contributed by atoms with Gasteiger partial charge in [0.05, 0.1) is 12.3 Å². The van der Waals surface area contributed by atoms with Crippen molar-refractivity contribution in [1.29, 1.82) is 0 Å². The molecule has 0 amide bonds. The molecule has 1 N–H and O–H groups in total. The molecule has 0 saturated carbocycles. The van der Waals surface area contributed by atoms with Crippen molar-refractivity contribution in [1.82, 2.24) is 10.2 Å². The average molecular weight is 196 g/mol. The van der Waals surface area contributed by atoms with Gasteiger partial charge in [0, 0.05) is 0 Å². The van der Waals surface area contributed by atoms with Crippen LogP contribution in [-0.4, -0.2) is 27.4 Å². The summed E-state index contributed by atoms with van der Waals surface area (Å²) < 4.78 is 5.30. The highest BCUT2D eigenvalue weighted by molar-refractivity contribution is 5.89. The van der Waals surface area contributed by atoms with E-state index in [2.05, 4.69) is 10.2 Å². The van der Waals surface area contributed by atoms with Gasteiger partial charge in [0.15, 0.2) is 0 Å². The first-order valence-corrected chi connectivity index (χ1v) is 4.36. The molecule has 0 saturated heterocycles. The number of aromatic nitrogens is 2. The van der Waals surface area contributed by atoms with Gasteiger partial charge in [0.25, 0.3) is 0 Å². The Bertz CT molecular complexity index is 328. The van der Waals surface area contributed by atoms with E-state index in [4.69, 9.17) is 9.84 Å². The van der Waals surface area contributed by atoms with Gasteiger partial charge in [-0.25, -0.2) is 4.79 Å². The number of carbonyl (C=O) groups is 1. The smallest absolute Gasteiger partial charge is 0.341 e. The maximum atomic E-state index is 10.7. The van der Waals surface area contributed by atoms with Crippen LogP contribution in [0.4, 0.5) is 0 Å². The molecule has 1 atom stereocenters. The molecule has 5 heteroatoms. The first-order chi connectivity index (χ1) is 6.65. The molecule has 0 bridgehead atoms. The molecule has 0 aliphatic rings. The number of carboxylic acids is 1. The number of nitrogens with zero attached hydrogens (tertiary/aromatic N) is 2. The molecule has 1 rings (SSSR count). The third-order valence-corrected chi connectivity index (χ3v) is 1.80. The van der Waals surface area contributed by atoms with Crippen LogP contribution in [-0.2, 0) is 0 Å². The summed E-state index contributed by atoms with van der Waals surface area (Å²) in [6.07, 6.45) is 2.05. The molecular formula is C9H12N2O3. The molecule has 1 aromatic rings. The van der Waals surface area contributed by atoms with Crippen LogP contribution in [0.2, 0.25) is 0 Å². The Morgan fingerprint density at radius 3 is 3.00 bits per heavy atom. The number of rotatable bonds is 4. The molecule has 14 heavy (non-hydrogen) atoms. The molecule has 0 aliphatic heterocycles. The maximum absolute atomic E-state index is 10.7. The van der Waals surface area contributed by atoms with E-state index in [0.29, 0.717) is 0 Å².